The molecular formula is C20H21N5OS. The summed E-state index contributed by atoms with van der Waals surface area (Å²) in [5, 5.41) is 0. The average Bonchev–Trinajstić information content (AvgIpc) is 2.69. The van der Waals surface area contributed by atoms with E-state index >= 15 is 0 Å². The van der Waals surface area contributed by atoms with Crippen LogP contribution in [0.5, 0.6) is 0 Å². The molecule has 0 radical (unpaired) electrons. The SMILES string of the molecule is Cc1nccnc1-c1cc(=O)[nH]c(-c2cccc(CN3CCSCC3)c2)n1. The number of rotatable bonds is 4. The highest BCUT2D eigenvalue weighted by molar-refractivity contribution is 7.99. The van der Waals surface area contributed by atoms with Crippen molar-refractivity contribution in [2.24, 2.45) is 0 Å². The summed E-state index contributed by atoms with van der Waals surface area (Å²) in [5.74, 6) is 2.93. The van der Waals surface area contributed by atoms with Crippen LogP contribution in [0.25, 0.3) is 22.8 Å². The average molecular weight is 379 g/mol. The van der Waals surface area contributed by atoms with Crippen LogP contribution in [0.15, 0.2) is 47.5 Å². The van der Waals surface area contributed by atoms with E-state index in [-0.39, 0.29) is 5.56 Å². The van der Waals surface area contributed by atoms with Gasteiger partial charge in [0.15, 0.2) is 0 Å². The number of aromatic nitrogens is 4. The van der Waals surface area contributed by atoms with Crippen LogP contribution in [0, 0.1) is 6.92 Å². The second kappa shape index (κ2) is 8.02. The van der Waals surface area contributed by atoms with Gasteiger partial charge in [0.1, 0.15) is 11.5 Å². The van der Waals surface area contributed by atoms with Crippen LogP contribution >= 0.6 is 11.8 Å². The number of hydrogen-bond acceptors (Lipinski definition) is 6. The molecule has 27 heavy (non-hydrogen) atoms. The Kier molecular flexibility index (Phi) is 5.31. The molecule has 1 aliphatic heterocycles. The summed E-state index contributed by atoms with van der Waals surface area (Å²) in [5.41, 5.74) is 3.85. The molecule has 4 rings (SSSR count). The van der Waals surface area contributed by atoms with Gasteiger partial charge in [0.05, 0.1) is 11.4 Å². The highest BCUT2D eigenvalue weighted by Gasteiger charge is 2.13. The van der Waals surface area contributed by atoms with Crippen molar-refractivity contribution in [2.45, 2.75) is 13.5 Å². The van der Waals surface area contributed by atoms with Gasteiger partial charge in [-0.1, -0.05) is 18.2 Å². The quantitative estimate of drug-likeness (QED) is 0.751. The summed E-state index contributed by atoms with van der Waals surface area (Å²) in [4.78, 5) is 30.8. The van der Waals surface area contributed by atoms with E-state index in [1.54, 1.807) is 12.4 Å². The lowest BCUT2D eigenvalue weighted by Crippen LogP contribution is -2.31. The monoisotopic (exact) mass is 379 g/mol. The Morgan fingerprint density at radius 2 is 1.96 bits per heavy atom. The standard InChI is InChI=1S/C20H21N5OS/c1-14-19(22-6-5-21-14)17-12-18(26)24-20(23-17)16-4-2-3-15(11-16)13-25-7-9-27-10-8-25/h2-6,11-12H,7-10,13H2,1H3,(H,23,24,26). The number of thioether (sulfide) groups is 1. The predicted molar refractivity (Wildman–Crippen MR) is 109 cm³/mol. The number of benzene rings is 1. The zero-order valence-corrected chi connectivity index (χ0v) is 16.0. The Morgan fingerprint density at radius 3 is 2.78 bits per heavy atom. The molecule has 0 spiro atoms. The van der Waals surface area contributed by atoms with E-state index in [2.05, 4.69) is 37.0 Å². The first-order valence-electron chi connectivity index (χ1n) is 8.98. The summed E-state index contributed by atoms with van der Waals surface area (Å²) in [6, 6.07) is 9.69. The Bertz CT molecular complexity index is 997. The third-order valence-corrected chi connectivity index (χ3v) is 5.52. The Hall–Kier alpha value is -2.51. The van der Waals surface area contributed by atoms with Crippen molar-refractivity contribution in [3.05, 3.63) is 64.3 Å². The summed E-state index contributed by atoms with van der Waals surface area (Å²) in [6.07, 6.45) is 3.25. The van der Waals surface area contributed by atoms with E-state index in [9.17, 15) is 4.79 Å². The highest BCUT2D eigenvalue weighted by atomic mass is 32.2. The van der Waals surface area contributed by atoms with Gasteiger partial charge in [-0.2, -0.15) is 11.8 Å². The first-order valence-corrected chi connectivity index (χ1v) is 10.1. The first kappa shape index (κ1) is 17.9. The van der Waals surface area contributed by atoms with Crippen molar-refractivity contribution < 1.29 is 0 Å². The van der Waals surface area contributed by atoms with E-state index in [1.165, 1.54) is 23.1 Å². The minimum absolute atomic E-state index is 0.196. The Morgan fingerprint density at radius 1 is 1.15 bits per heavy atom. The van der Waals surface area contributed by atoms with Gasteiger partial charge in [-0.15, -0.1) is 0 Å². The van der Waals surface area contributed by atoms with Gasteiger partial charge < -0.3 is 4.98 Å². The largest absolute Gasteiger partial charge is 0.306 e. The summed E-state index contributed by atoms with van der Waals surface area (Å²) < 4.78 is 0. The first-order chi connectivity index (χ1) is 13.2. The maximum Gasteiger partial charge on any atom is 0.251 e. The number of aromatic amines is 1. The molecule has 7 heteroatoms. The number of aryl methyl sites for hydroxylation is 1. The van der Waals surface area contributed by atoms with Crippen molar-refractivity contribution in [3.63, 3.8) is 0 Å². The second-order valence-corrected chi connectivity index (χ2v) is 7.78. The fourth-order valence-corrected chi connectivity index (χ4v) is 4.19. The highest BCUT2D eigenvalue weighted by Crippen LogP contribution is 2.21. The summed E-state index contributed by atoms with van der Waals surface area (Å²) in [7, 11) is 0. The molecule has 6 nitrogen and oxygen atoms in total. The van der Waals surface area contributed by atoms with Gasteiger partial charge in [-0.3, -0.25) is 19.7 Å². The third kappa shape index (κ3) is 4.26. The predicted octanol–water partition coefficient (Wildman–Crippen LogP) is 2.75. The van der Waals surface area contributed by atoms with E-state index in [0.29, 0.717) is 17.2 Å². The molecule has 3 heterocycles. The molecule has 1 aliphatic rings. The Balaban J connectivity index is 1.66. The van der Waals surface area contributed by atoms with E-state index in [0.717, 1.165) is 30.9 Å². The topological polar surface area (TPSA) is 74.8 Å². The van der Waals surface area contributed by atoms with E-state index in [1.807, 2.05) is 30.8 Å². The molecule has 0 aliphatic carbocycles. The molecule has 138 valence electrons. The van der Waals surface area contributed by atoms with E-state index < -0.39 is 0 Å². The van der Waals surface area contributed by atoms with Crippen LogP contribution in [0.4, 0.5) is 0 Å². The lowest BCUT2D eigenvalue weighted by atomic mass is 10.1. The van der Waals surface area contributed by atoms with E-state index in [4.69, 9.17) is 0 Å². The molecule has 0 bridgehead atoms. The van der Waals surface area contributed by atoms with Gasteiger partial charge in [0.2, 0.25) is 0 Å². The lowest BCUT2D eigenvalue weighted by Gasteiger charge is -2.26. The number of hydrogen-bond donors (Lipinski definition) is 1. The zero-order chi connectivity index (χ0) is 18.6. The molecule has 2 aromatic heterocycles. The van der Waals surface area contributed by atoms with Gasteiger partial charge in [-0.05, 0) is 18.6 Å². The minimum atomic E-state index is -0.196. The van der Waals surface area contributed by atoms with Gasteiger partial charge in [-0.25, -0.2) is 4.98 Å². The van der Waals surface area contributed by atoms with Crippen LogP contribution in [0.3, 0.4) is 0 Å². The Labute approximate surface area is 162 Å². The number of nitrogens with one attached hydrogen (secondary N) is 1. The minimum Gasteiger partial charge on any atom is -0.306 e. The van der Waals surface area contributed by atoms with Crippen LogP contribution in [-0.4, -0.2) is 49.4 Å². The van der Waals surface area contributed by atoms with Crippen molar-refractivity contribution >= 4 is 11.8 Å². The maximum atomic E-state index is 12.2. The lowest BCUT2D eigenvalue weighted by molar-refractivity contribution is 0.294. The molecule has 1 aromatic carbocycles. The van der Waals surface area contributed by atoms with Crippen molar-refractivity contribution in [1.82, 2.24) is 24.8 Å². The maximum absolute atomic E-state index is 12.2. The van der Waals surface area contributed by atoms with Crippen LogP contribution < -0.4 is 5.56 Å². The molecule has 0 saturated carbocycles. The number of H-pyrrole nitrogens is 1. The van der Waals surface area contributed by atoms with Crippen molar-refractivity contribution in [2.75, 3.05) is 24.6 Å². The van der Waals surface area contributed by atoms with Crippen LogP contribution in [0.2, 0.25) is 0 Å². The van der Waals surface area contributed by atoms with Crippen molar-refractivity contribution in [1.29, 1.82) is 0 Å². The van der Waals surface area contributed by atoms with Gasteiger partial charge in [0, 0.05) is 55.2 Å². The molecule has 1 fully saturated rings. The molecular weight excluding hydrogens is 358 g/mol. The van der Waals surface area contributed by atoms with Crippen molar-refractivity contribution in [3.8, 4) is 22.8 Å². The molecule has 0 atom stereocenters. The molecule has 0 unspecified atom stereocenters. The summed E-state index contributed by atoms with van der Waals surface area (Å²) in [6.45, 7) is 5.01. The third-order valence-electron chi connectivity index (χ3n) is 4.58. The van der Waals surface area contributed by atoms with Gasteiger partial charge >= 0.3 is 0 Å². The van der Waals surface area contributed by atoms with Crippen LogP contribution in [0.1, 0.15) is 11.3 Å². The zero-order valence-electron chi connectivity index (χ0n) is 15.2. The second-order valence-electron chi connectivity index (χ2n) is 6.56. The molecule has 0 amide bonds. The summed E-state index contributed by atoms with van der Waals surface area (Å²) >= 11 is 2.01. The van der Waals surface area contributed by atoms with Gasteiger partial charge in [0.25, 0.3) is 5.56 Å². The molecule has 3 aromatic rings. The smallest absolute Gasteiger partial charge is 0.251 e. The van der Waals surface area contributed by atoms with Crippen LogP contribution in [-0.2, 0) is 6.54 Å². The molecule has 1 N–H and O–H groups in total. The fraction of sp³-hybridized carbons (Fsp3) is 0.300. The normalized spacial score (nSPS) is 15.0. The number of nitrogens with zero attached hydrogens (tertiary/aromatic N) is 4. The molecule has 1 saturated heterocycles. The fourth-order valence-electron chi connectivity index (χ4n) is 3.21.